The number of carbonyl (C=O) groups is 2. The summed E-state index contributed by atoms with van der Waals surface area (Å²) in [7, 11) is 0. The second-order valence-electron chi connectivity index (χ2n) is 5.37. The fraction of sp³-hybridized carbons (Fsp3) is 0.429. The van der Waals surface area contributed by atoms with Gasteiger partial charge in [0.1, 0.15) is 10.5 Å². The molecule has 0 unspecified atom stereocenters. The van der Waals surface area contributed by atoms with Crippen molar-refractivity contribution >= 4 is 49.5 Å². The first-order valence-corrected chi connectivity index (χ1v) is 8.04. The van der Waals surface area contributed by atoms with Crippen LogP contribution in [-0.4, -0.2) is 28.8 Å². The number of aromatic nitrogens is 1. The Morgan fingerprint density at radius 1 is 1.38 bits per heavy atom. The van der Waals surface area contributed by atoms with Gasteiger partial charge >= 0.3 is 12.1 Å². The molecule has 0 atom stereocenters. The normalized spacial score (nSPS) is 11.7. The van der Waals surface area contributed by atoms with Gasteiger partial charge in [0, 0.05) is 6.20 Å². The van der Waals surface area contributed by atoms with E-state index < -0.39 is 11.7 Å². The van der Waals surface area contributed by atoms with Crippen molar-refractivity contribution in [2.24, 2.45) is 0 Å². The summed E-state index contributed by atoms with van der Waals surface area (Å²) in [5.41, 5.74) is 0.0457. The number of hydrogen-bond acceptors (Lipinski definition) is 5. The van der Waals surface area contributed by atoms with Crippen LogP contribution in [-0.2, 0) is 9.47 Å². The molecule has 0 aliphatic heterocycles. The third-order valence-electron chi connectivity index (χ3n) is 2.50. The van der Waals surface area contributed by atoms with Crippen LogP contribution >= 0.6 is 27.3 Å². The van der Waals surface area contributed by atoms with Gasteiger partial charge in [0.05, 0.1) is 21.3 Å². The maximum atomic E-state index is 12.2. The van der Waals surface area contributed by atoms with Crippen LogP contribution in [0.1, 0.15) is 37.4 Å². The molecule has 0 aliphatic rings. The van der Waals surface area contributed by atoms with Crippen molar-refractivity contribution in [3.8, 4) is 0 Å². The molecule has 0 radical (unpaired) electrons. The van der Waals surface area contributed by atoms with Crippen LogP contribution in [0.2, 0.25) is 0 Å². The quantitative estimate of drug-likeness (QED) is 0.730. The molecule has 21 heavy (non-hydrogen) atoms. The first kappa shape index (κ1) is 16.0. The number of thiophene rings is 1. The minimum atomic E-state index is -0.583. The molecule has 2 rings (SSSR count). The maximum absolute atomic E-state index is 12.2. The smallest absolute Gasteiger partial charge is 0.419 e. The van der Waals surface area contributed by atoms with Gasteiger partial charge in [0.15, 0.2) is 0 Å². The molecular weight excluding hydrogens is 358 g/mol. The molecule has 0 bridgehead atoms. The second-order valence-corrected chi connectivity index (χ2v) is 7.28. The highest BCUT2D eigenvalue weighted by atomic mass is 79.9. The minimum Gasteiger partial charge on any atom is -0.462 e. The number of hydrogen-bond donors (Lipinski definition) is 0. The molecule has 0 fully saturated rings. The molecule has 0 spiro atoms. The van der Waals surface area contributed by atoms with Crippen LogP contribution in [0.5, 0.6) is 0 Å². The number of rotatable bonds is 2. The van der Waals surface area contributed by atoms with Gasteiger partial charge in [-0.2, -0.15) is 0 Å². The highest BCUT2D eigenvalue weighted by Gasteiger charge is 2.23. The Morgan fingerprint density at radius 3 is 2.62 bits per heavy atom. The van der Waals surface area contributed by atoms with Crippen molar-refractivity contribution in [1.29, 1.82) is 0 Å². The first-order valence-electron chi connectivity index (χ1n) is 6.44. The summed E-state index contributed by atoms with van der Waals surface area (Å²) in [5.74, 6) is -0.388. The van der Waals surface area contributed by atoms with Gasteiger partial charge in [-0.3, -0.25) is 4.57 Å². The SMILES string of the molecule is CCOC(=O)c1cc2c(s1)c(Br)cn2C(=O)OC(C)(C)C. The lowest BCUT2D eigenvalue weighted by Crippen LogP contribution is -2.26. The number of carbonyl (C=O) groups excluding carboxylic acids is 2. The average Bonchev–Trinajstić information content (AvgIpc) is 2.88. The van der Waals surface area contributed by atoms with E-state index in [1.807, 2.05) is 0 Å². The van der Waals surface area contributed by atoms with E-state index in [0.29, 0.717) is 17.0 Å². The summed E-state index contributed by atoms with van der Waals surface area (Å²) in [6.07, 6.45) is 1.16. The second kappa shape index (κ2) is 5.81. The van der Waals surface area contributed by atoms with Gasteiger partial charge in [-0.15, -0.1) is 11.3 Å². The van der Waals surface area contributed by atoms with E-state index in [0.717, 1.165) is 9.17 Å². The third-order valence-corrected chi connectivity index (χ3v) is 4.50. The molecule has 2 aromatic heterocycles. The number of halogens is 1. The Kier molecular flexibility index (Phi) is 4.43. The number of fused-ring (bicyclic) bond motifs is 1. The van der Waals surface area contributed by atoms with Gasteiger partial charge in [0.2, 0.25) is 0 Å². The molecular formula is C14H16BrNO4S. The van der Waals surface area contributed by atoms with Crippen molar-refractivity contribution in [1.82, 2.24) is 4.57 Å². The predicted octanol–water partition coefficient (Wildman–Crippen LogP) is 4.43. The zero-order chi connectivity index (χ0) is 15.8. The van der Waals surface area contributed by atoms with E-state index in [1.165, 1.54) is 15.9 Å². The molecule has 0 saturated heterocycles. The van der Waals surface area contributed by atoms with Crippen LogP contribution in [0.25, 0.3) is 10.2 Å². The lowest BCUT2D eigenvalue weighted by molar-refractivity contribution is 0.0523. The van der Waals surface area contributed by atoms with E-state index in [-0.39, 0.29) is 5.97 Å². The fourth-order valence-corrected chi connectivity index (χ4v) is 3.33. The summed E-state index contributed by atoms with van der Waals surface area (Å²) in [5, 5.41) is 0. The van der Waals surface area contributed by atoms with Gasteiger partial charge in [-0.05, 0) is 49.7 Å². The Hall–Kier alpha value is -1.34. The fourth-order valence-electron chi connectivity index (χ4n) is 1.74. The molecule has 2 aromatic rings. The standard InChI is InChI=1S/C14H16BrNO4S/c1-5-19-12(17)10-6-9-11(21-10)8(15)7-16(9)13(18)20-14(2,3)4/h6-7H,5H2,1-4H3. The van der Waals surface area contributed by atoms with E-state index in [1.54, 1.807) is 40.0 Å². The van der Waals surface area contributed by atoms with Crippen LogP contribution in [0.4, 0.5) is 4.79 Å². The molecule has 0 amide bonds. The van der Waals surface area contributed by atoms with Gasteiger partial charge in [0.25, 0.3) is 0 Å². The number of esters is 1. The molecule has 0 saturated carbocycles. The van der Waals surface area contributed by atoms with Gasteiger partial charge in [-0.1, -0.05) is 0 Å². The number of ether oxygens (including phenoxy) is 2. The minimum absolute atomic E-state index is 0.314. The molecule has 0 aliphatic carbocycles. The molecule has 0 aromatic carbocycles. The maximum Gasteiger partial charge on any atom is 0.419 e. The third kappa shape index (κ3) is 3.47. The van der Waals surface area contributed by atoms with Crippen LogP contribution in [0.15, 0.2) is 16.7 Å². The van der Waals surface area contributed by atoms with E-state index in [4.69, 9.17) is 9.47 Å². The monoisotopic (exact) mass is 373 g/mol. The first-order chi connectivity index (χ1) is 9.73. The van der Waals surface area contributed by atoms with Crippen LogP contribution in [0, 0.1) is 0 Å². The Balaban J connectivity index is 2.42. The highest BCUT2D eigenvalue weighted by Crippen LogP contribution is 2.34. The molecule has 114 valence electrons. The lowest BCUT2D eigenvalue weighted by Gasteiger charge is -2.19. The van der Waals surface area contributed by atoms with Crippen molar-refractivity contribution in [3.05, 3.63) is 21.6 Å². The number of nitrogens with zero attached hydrogens (tertiary/aromatic N) is 1. The molecule has 5 nitrogen and oxygen atoms in total. The largest absolute Gasteiger partial charge is 0.462 e. The average molecular weight is 374 g/mol. The van der Waals surface area contributed by atoms with Gasteiger partial charge in [-0.25, -0.2) is 9.59 Å². The van der Waals surface area contributed by atoms with Crippen LogP contribution in [0.3, 0.4) is 0 Å². The van der Waals surface area contributed by atoms with Gasteiger partial charge < -0.3 is 9.47 Å². The van der Waals surface area contributed by atoms with E-state index in [2.05, 4.69) is 15.9 Å². The van der Waals surface area contributed by atoms with E-state index >= 15 is 0 Å². The Labute approximate surface area is 135 Å². The summed E-state index contributed by atoms with van der Waals surface area (Å²) in [4.78, 5) is 24.4. The zero-order valence-corrected chi connectivity index (χ0v) is 14.6. The van der Waals surface area contributed by atoms with Crippen LogP contribution < -0.4 is 0 Å². The van der Waals surface area contributed by atoms with Crippen molar-refractivity contribution < 1.29 is 19.1 Å². The van der Waals surface area contributed by atoms with E-state index in [9.17, 15) is 9.59 Å². The summed E-state index contributed by atoms with van der Waals surface area (Å²) in [6.45, 7) is 7.48. The molecule has 7 heteroatoms. The topological polar surface area (TPSA) is 57.5 Å². The van der Waals surface area contributed by atoms with Crippen molar-refractivity contribution in [3.63, 3.8) is 0 Å². The molecule has 0 N–H and O–H groups in total. The lowest BCUT2D eigenvalue weighted by atomic mass is 10.2. The predicted molar refractivity (Wildman–Crippen MR) is 85.1 cm³/mol. The van der Waals surface area contributed by atoms with Crippen molar-refractivity contribution in [2.45, 2.75) is 33.3 Å². The zero-order valence-electron chi connectivity index (χ0n) is 12.2. The highest BCUT2D eigenvalue weighted by molar-refractivity contribution is 9.10. The summed E-state index contributed by atoms with van der Waals surface area (Å²) in [6, 6.07) is 1.65. The summed E-state index contributed by atoms with van der Waals surface area (Å²) >= 11 is 4.67. The summed E-state index contributed by atoms with van der Waals surface area (Å²) < 4.78 is 13.3. The Morgan fingerprint density at radius 2 is 2.05 bits per heavy atom. The van der Waals surface area contributed by atoms with Crippen molar-refractivity contribution in [2.75, 3.05) is 6.61 Å². The Bertz CT molecular complexity index is 696. The molecule has 2 heterocycles.